The molecule has 24 heavy (non-hydrogen) atoms. The number of carbonyl (C=O) groups excluding carboxylic acids is 1. The van der Waals surface area contributed by atoms with E-state index in [2.05, 4.69) is 41.0 Å². The summed E-state index contributed by atoms with van der Waals surface area (Å²) in [6.07, 6.45) is 3.96. The fraction of sp³-hybridized carbons (Fsp3) is 0.650. The molecule has 0 saturated carbocycles. The summed E-state index contributed by atoms with van der Waals surface area (Å²) < 4.78 is 5.37. The van der Waals surface area contributed by atoms with Gasteiger partial charge in [0.15, 0.2) is 0 Å². The topological polar surface area (TPSA) is 32.8 Å². The fourth-order valence-corrected chi connectivity index (χ4v) is 3.84. The van der Waals surface area contributed by atoms with E-state index >= 15 is 0 Å². The Balaban J connectivity index is 1.46. The first-order valence-electron chi connectivity index (χ1n) is 9.37. The number of morpholine rings is 1. The van der Waals surface area contributed by atoms with Gasteiger partial charge in [0.05, 0.1) is 13.2 Å². The summed E-state index contributed by atoms with van der Waals surface area (Å²) in [6.45, 7) is 8.65. The number of piperidine rings is 1. The third kappa shape index (κ3) is 4.81. The quantitative estimate of drug-likeness (QED) is 0.832. The number of hydrogen-bond acceptors (Lipinski definition) is 3. The van der Waals surface area contributed by atoms with E-state index in [9.17, 15) is 4.79 Å². The molecule has 2 aliphatic heterocycles. The lowest BCUT2D eigenvalue weighted by molar-refractivity contribution is -0.132. The lowest BCUT2D eigenvalue weighted by Gasteiger charge is -2.33. The fourth-order valence-electron chi connectivity index (χ4n) is 3.84. The van der Waals surface area contributed by atoms with E-state index in [0.29, 0.717) is 18.2 Å². The lowest BCUT2D eigenvalue weighted by atomic mass is 9.89. The van der Waals surface area contributed by atoms with E-state index in [1.165, 1.54) is 17.5 Å². The molecule has 0 aliphatic carbocycles. The molecule has 0 unspecified atom stereocenters. The summed E-state index contributed by atoms with van der Waals surface area (Å²) in [7, 11) is 0. The maximum Gasteiger partial charge on any atom is 0.222 e. The Morgan fingerprint density at radius 2 is 2.08 bits per heavy atom. The highest BCUT2D eigenvalue weighted by molar-refractivity contribution is 5.76. The van der Waals surface area contributed by atoms with E-state index in [4.69, 9.17) is 4.74 Å². The number of rotatable bonds is 5. The van der Waals surface area contributed by atoms with Crippen molar-refractivity contribution in [2.24, 2.45) is 0 Å². The van der Waals surface area contributed by atoms with Crippen LogP contribution in [0.2, 0.25) is 0 Å². The predicted molar refractivity (Wildman–Crippen MR) is 96.2 cm³/mol. The van der Waals surface area contributed by atoms with E-state index in [-0.39, 0.29) is 0 Å². The minimum Gasteiger partial charge on any atom is -0.379 e. The van der Waals surface area contributed by atoms with Crippen LogP contribution < -0.4 is 0 Å². The molecule has 2 fully saturated rings. The third-order valence-corrected chi connectivity index (χ3v) is 5.26. The van der Waals surface area contributed by atoms with E-state index < -0.39 is 0 Å². The minimum absolute atomic E-state index is 0.334. The second kappa shape index (κ2) is 8.63. The van der Waals surface area contributed by atoms with Crippen LogP contribution in [0.3, 0.4) is 0 Å². The normalized spacial score (nSPS) is 22.5. The monoisotopic (exact) mass is 330 g/mol. The maximum atomic E-state index is 12.6. The summed E-state index contributed by atoms with van der Waals surface area (Å²) in [5.74, 6) is 0.836. The Morgan fingerprint density at radius 3 is 2.88 bits per heavy atom. The SMILES string of the molecule is Cc1cccc([C@@H]2CCCN(C(=O)CCCN3CCOCC3)C2)c1. The summed E-state index contributed by atoms with van der Waals surface area (Å²) in [6, 6.07) is 8.76. The zero-order valence-electron chi connectivity index (χ0n) is 14.9. The van der Waals surface area contributed by atoms with Crippen molar-refractivity contribution in [2.75, 3.05) is 45.9 Å². The van der Waals surface area contributed by atoms with Gasteiger partial charge < -0.3 is 9.64 Å². The highest BCUT2D eigenvalue weighted by atomic mass is 16.5. The van der Waals surface area contributed by atoms with Crippen molar-refractivity contribution < 1.29 is 9.53 Å². The minimum atomic E-state index is 0.334. The first-order chi connectivity index (χ1) is 11.7. The number of benzene rings is 1. The number of carbonyl (C=O) groups is 1. The number of aryl methyl sites for hydroxylation is 1. The van der Waals surface area contributed by atoms with E-state index in [0.717, 1.165) is 58.8 Å². The van der Waals surface area contributed by atoms with Gasteiger partial charge in [-0.05, 0) is 38.3 Å². The van der Waals surface area contributed by atoms with Gasteiger partial charge in [0.25, 0.3) is 0 Å². The van der Waals surface area contributed by atoms with Gasteiger partial charge in [0.1, 0.15) is 0 Å². The molecule has 0 aromatic heterocycles. The molecule has 0 bridgehead atoms. The largest absolute Gasteiger partial charge is 0.379 e. The Hall–Kier alpha value is -1.39. The molecule has 1 aromatic carbocycles. The smallest absolute Gasteiger partial charge is 0.222 e. The zero-order chi connectivity index (χ0) is 16.8. The Morgan fingerprint density at radius 1 is 1.25 bits per heavy atom. The molecule has 1 amide bonds. The summed E-state index contributed by atoms with van der Waals surface area (Å²) in [4.78, 5) is 17.1. The number of hydrogen-bond donors (Lipinski definition) is 0. The van der Waals surface area contributed by atoms with Crippen LogP contribution in [0.15, 0.2) is 24.3 Å². The van der Waals surface area contributed by atoms with Crippen molar-refractivity contribution in [1.29, 1.82) is 0 Å². The molecular formula is C20H30N2O2. The summed E-state index contributed by atoms with van der Waals surface area (Å²) in [5, 5.41) is 0. The predicted octanol–water partition coefficient (Wildman–Crippen LogP) is 2.81. The Kier molecular flexibility index (Phi) is 6.27. The molecular weight excluding hydrogens is 300 g/mol. The van der Waals surface area contributed by atoms with Crippen LogP contribution in [0, 0.1) is 6.92 Å². The maximum absolute atomic E-state index is 12.6. The van der Waals surface area contributed by atoms with Crippen LogP contribution in [0.4, 0.5) is 0 Å². The number of ether oxygens (including phenoxy) is 1. The van der Waals surface area contributed by atoms with Gasteiger partial charge in [-0.25, -0.2) is 0 Å². The zero-order valence-corrected chi connectivity index (χ0v) is 14.9. The van der Waals surface area contributed by atoms with Crippen LogP contribution >= 0.6 is 0 Å². The highest BCUT2D eigenvalue weighted by Crippen LogP contribution is 2.27. The molecule has 4 nitrogen and oxygen atoms in total. The van der Waals surface area contributed by atoms with Crippen molar-refractivity contribution in [3.8, 4) is 0 Å². The Bertz CT molecular complexity index is 540. The van der Waals surface area contributed by atoms with Crippen molar-refractivity contribution in [3.63, 3.8) is 0 Å². The molecule has 4 heteroatoms. The van der Waals surface area contributed by atoms with Crippen LogP contribution in [0.25, 0.3) is 0 Å². The molecule has 1 aromatic rings. The molecule has 132 valence electrons. The van der Waals surface area contributed by atoms with Crippen molar-refractivity contribution >= 4 is 5.91 Å². The third-order valence-electron chi connectivity index (χ3n) is 5.26. The first-order valence-corrected chi connectivity index (χ1v) is 9.37. The number of nitrogens with zero attached hydrogens (tertiary/aromatic N) is 2. The number of amides is 1. The van der Waals surface area contributed by atoms with Crippen LogP contribution in [0.1, 0.15) is 42.7 Å². The Labute approximate surface area is 145 Å². The van der Waals surface area contributed by atoms with Gasteiger partial charge in [-0.15, -0.1) is 0 Å². The lowest BCUT2D eigenvalue weighted by Crippen LogP contribution is -2.40. The summed E-state index contributed by atoms with van der Waals surface area (Å²) >= 11 is 0. The van der Waals surface area contributed by atoms with Crippen LogP contribution in [-0.4, -0.2) is 61.6 Å². The van der Waals surface area contributed by atoms with Gasteiger partial charge in [-0.2, -0.15) is 0 Å². The molecule has 2 heterocycles. The van der Waals surface area contributed by atoms with Gasteiger partial charge >= 0.3 is 0 Å². The average molecular weight is 330 g/mol. The van der Waals surface area contributed by atoms with Gasteiger partial charge in [-0.1, -0.05) is 29.8 Å². The van der Waals surface area contributed by atoms with Gasteiger partial charge in [0, 0.05) is 38.5 Å². The van der Waals surface area contributed by atoms with Crippen molar-refractivity contribution in [1.82, 2.24) is 9.80 Å². The summed E-state index contributed by atoms with van der Waals surface area (Å²) in [5.41, 5.74) is 2.70. The van der Waals surface area contributed by atoms with Crippen LogP contribution in [0.5, 0.6) is 0 Å². The van der Waals surface area contributed by atoms with Crippen molar-refractivity contribution in [2.45, 2.75) is 38.5 Å². The number of likely N-dealkylation sites (tertiary alicyclic amines) is 1. The second-order valence-corrected chi connectivity index (χ2v) is 7.15. The standard InChI is InChI=1S/C20H30N2O2/c1-17-5-2-6-18(15-17)19-7-3-10-22(16-19)20(23)8-4-9-21-11-13-24-14-12-21/h2,5-6,15,19H,3-4,7-14,16H2,1H3/t19-/m1/s1. The molecule has 3 rings (SSSR count). The van der Waals surface area contributed by atoms with E-state index in [1.807, 2.05) is 0 Å². The molecule has 0 spiro atoms. The van der Waals surface area contributed by atoms with Gasteiger partial charge in [0.2, 0.25) is 5.91 Å². The molecule has 0 N–H and O–H groups in total. The van der Waals surface area contributed by atoms with E-state index in [1.54, 1.807) is 0 Å². The van der Waals surface area contributed by atoms with Crippen LogP contribution in [-0.2, 0) is 9.53 Å². The molecule has 2 aliphatic rings. The molecule has 2 saturated heterocycles. The van der Waals surface area contributed by atoms with Gasteiger partial charge in [-0.3, -0.25) is 9.69 Å². The average Bonchev–Trinajstić information content (AvgIpc) is 2.63. The highest BCUT2D eigenvalue weighted by Gasteiger charge is 2.24. The molecule has 1 atom stereocenters. The first kappa shape index (κ1) is 17.4. The molecule has 0 radical (unpaired) electrons. The second-order valence-electron chi connectivity index (χ2n) is 7.15. The van der Waals surface area contributed by atoms with Crippen molar-refractivity contribution in [3.05, 3.63) is 35.4 Å².